The van der Waals surface area contributed by atoms with Crippen molar-refractivity contribution in [3.8, 4) is 11.8 Å². The molecule has 0 aliphatic heterocycles. The maximum atomic E-state index is 12.2. The number of rotatable bonds is 4. The number of nitrogens with one attached hydrogen (secondary N) is 1. The summed E-state index contributed by atoms with van der Waals surface area (Å²) in [4.78, 5) is 12.2. The fourth-order valence-electron chi connectivity index (χ4n) is 2.51. The Bertz CT molecular complexity index is 1040. The molecule has 130 valence electrons. The molecule has 2 N–H and O–H groups in total. The molecule has 0 fully saturated rings. The first-order valence-corrected chi connectivity index (χ1v) is 9.06. The highest BCUT2D eigenvalue weighted by molar-refractivity contribution is 9.11. The molecule has 1 heterocycles. The summed E-state index contributed by atoms with van der Waals surface area (Å²) in [6.07, 6.45) is 3.36. The topological polar surface area (TPSA) is 90.4 Å². The Hall–Kier alpha value is -2.63. The van der Waals surface area contributed by atoms with Crippen LogP contribution in [-0.4, -0.2) is 21.8 Å². The first-order valence-electron chi connectivity index (χ1n) is 7.47. The molecule has 0 saturated carbocycles. The number of fused-ring (bicyclic) bond motifs is 1. The van der Waals surface area contributed by atoms with Crippen LogP contribution in [0.2, 0.25) is 0 Å². The van der Waals surface area contributed by atoms with Crippen molar-refractivity contribution in [2.45, 2.75) is 6.54 Å². The van der Waals surface area contributed by atoms with Gasteiger partial charge in [-0.1, -0.05) is 18.2 Å². The molecule has 0 unspecified atom stereocenters. The summed E-state index contributed by atoms with van der Waals surface area (Å²) in [6, 6.07) is 12.8. The van der Waals surface area contributed by atoms with Crippen molar-refractivity contribution in [3.05, 3.63) is 62.7 Å². The lowest BCUT2D eigenvalue weighted by molar-refractivity contribution is 0.0955. The van der Waals surface area contributed by atoms with Crippen LogP contribution in [0.1, 0.15) is 15.9 Å². The lowest BCUT2D eigenvalue weighted by atomic mass is 10.2. The Labute approximate surface area is 166 Å². The number of aromatic hydroxyl groups is 1. The lowest BCUT2D eigenvalue weighted by Crippen LogP contribution is -2.17. The molecule has 1 aromatic heterocycles. The zero-order valence-electron chi connectivity index (χ0n) is 13.3. The van der Waals surface area contributed by atoms with Gasteiger partial charge in [0.05, 0.1) is 21.2 Å². The Morgan fingerprint density at radius 1 is 1.31 bits per heavy atom. The molecule has 6 nitrogen and oxygen atoms in total. The SMILES string of the molecule is N#CCn1cc(/C=N\NC(=O)c2cc(Br)c(O)c(Br)c2)c2ccccc21. The number of hydrazone groups is 1. The molecule has 0 aliphatic carbocycles. The second-order valence-corrected chi connectivity index (χ2v) is 7.08. The molecule has 3 aromatic rings. The van der Waals surface area contributed by atoms with E-state index in [1.807, 2.05) is 35.0 Å². The molecule has 0 atom stereocenters. The predicted molar refractivity (Wildman–Crippen MR) is 106 cm³/mol. The zero-order valence-corrected chi connectivity index (χ0v) is 16.5. The second kappa shape index (κ2) is 7.72. The third-order valence-electron chi connectivity index (χ3n) is 3.71. The van der Waals surface area contributed by atoms with E-state index in [1.165, 1.54) is 12.1 Å². The standard InChI is InChI=1S/C18H12Br2N4O2/c19-14-7-11(8-15(20)17(14)25)18(26)23-22-9-12-10-24(6-5-21)16-4-2-1-3-13(12)16/h1-4,7-10,25H,6H2,(H,23,26)/b22-9-. The number of hydrogen-bond acceptors (Lipinski definition) is 4. The Morgan fingerprint density at radius 2 is 2.00 bits per heavy atom. The van der Waals surface area contributed by atoms with Crippen LogP contribution < -0.4 is 5.43 Å². The van der Waals surface area contributed by atoms with Crippen LogP contribution in [0.3, 0.4) is 0 Å². The van der Waals surface area contributed by atoms with E-state index in [4.69, 9.17) is 5.26 Å². The van der Waals surface area contributed by atoms with Crippen molar-refractivity contribution in [1.82, 2.24) is 9.99 Å². The van der Waals surface area contributed by atoms with Gasteiger partial charge in [0.2, 0.25) is 0 Å². The quantitative estimate of drug-likeness (QED) is 0.438. The average Bonchev–Trinajstić information content (AvgIpc) is 2.97. The van der Waals surface area contributed by atoms with Crippen molar-refractivity contribution in [2.75, 3.05) is 0 Å². The first-order chi connectivity index (χ1) is 12.5. The summed E-state index contributed by atoms with van der Waals surface area (Å²) in [5.41, 5.74) is 4.52. The number of hydrogen-bond donors (Lipinski definition) is 2. The highest BCUT2D eigenvalue weighted by Crippen LogP contribution is 2.33. The van der Waals surface area contributed by atoms with Gasteiger partial charge in [-0.2, -0.15) is 10.4 Å². The van der Waals surface area contributed by atoms with Crippen molar-refractivity contribution in [1.29, 1.82) is 5.26 Å². The largest absolute Gasteiger partial charge is 0.506 e. The molecule has 1 amide bonds. The maximum Gasteiger partial charge on any atom is 0.271 e. The minimum absolute atomic E-state index is 0.0235. The van der Waals surface area contributed by atoms with E-state index < -0.39 is 5.91 Å². The van der Waals surface area contributed by atoms with Crippen LogP contribution in [0, 0.1) is 11.3 Å². The molecule has 2 aromatic carbocycles. The maximum absolute atomic E-state index is 12.2. The summed E-state index contributed by atoms with van der Waals surface area (Å²) in [5.74, 6) is -0.390. The van der Waals surface area contributed by atoms with Gasteiger partial charge in [0.25, 0.3) is 5.91 Å². The number of nitrogens with zero attached hydrogens (tertiary/aromatic N) is 3. The van der Waals surface area contributed by atoms with Gasteiger partial charge in [-0.05, 0) is 50.1 Å². The number of para-hydroxylation sites is 1. The van der Waals surface area contributed by atoms with Crippen LogP contribution >= 0.6 is 31.9 Å². The minimum atomic E-state index is -0.414. The summed E-state index contributed by atoms with van der Waals surface area (Å²) >= 11 is 6.37. The number of phenolic OH excluding ortho intramolecular Hbond substituents is 1. The molecule has 8 heteroatoms. The Kier molecular flexibility index (Phi) is 5.40. The molecule has 0 aliphatic rings. The van der Waals surface area contributed by atoms with Crippen LogP contribution in [0.15, 0.2) is 56.6 Å². The second-order valence-electron chi connectivity index (χ2n) is 5.38. The van der Waals surface area contributed by atoms with E-state index in [2.05, 4.69) is 48.5 Å². The Balaban J connectivity index is 1.82. The smallest absolute Gasteiger partial charge is 0.271 e. The number of halogens is 2. The molecule has 0 radical (unpaired) electrons. The van der Waals surface area contributed by atoms with Gasteiger partial charge in [0.1, 0.15) is 12.3 Å². The number of phenols is 1. The fourth-order valence-corrected chi connectivity index (χ4v) is 3.69. The van der Waals surface area contributed by atoms with Crippen LogP contribution in [0.25, 0.3) is 10.9 Å². The molecular weight excluding hydrogens is 464 g/mol. The van der Waals surface area contributed by atoms with Gasteiger partial charge in [0, 0.05) is 28.2 Å². The number of benzene rings is 2. The molecule has 0 spiro atoms. The van der Waals surface area contributed by atoms with E-state index in [-0.39, 0.29) is 12.3 Å². The third kappa shape index (κ3) is 3.64. The van der Waals surface area contributed by atoms with Gasteiger partial charge in [-0.3, -0.25) is 4.79 Å². The number of nitriles is 1. The molecule has 0 saturated heterocycles. The monoisotopic (exact) mass is 474 g/mol. The first kappa shape index (κ1) is 18.2. The molecular formula is C18H12Br2N4O2. The van der Waals surface area contributed by atoms with E-state index in [9.17, 15) is 9.90 Å². The third-order valence-corrected chi connectivity index (χ3v) is 4.92. The average molecular weight is 476 g/mol. The van der Waals surface area contributed by atoms with Gasteiger partial charge >= 0.3 is 0 Å². The van der Waals surface area contributed by atoms with Crippen LogP contribution in [0.4, 0.5) is 0 Å². The van der Waals surface area contributed by atoms with E-state index >= 15 is 0 Å². The molecule has 26 heavy (non-hydrogen) atoms. The van der Waals surface area contributed by atoms with Gasteiger partial charge in [-0.15, -0.1) is 0 Å². The van der Waals surface area contributed by atoms with E-state index in [0.717, 1.165) is 16.5 Å². The normalized spacial score (nSPS) is 11.0. The fraction of sp³-hybridized carbons (Fsp3) is 0.0556. The number of carbonyl (C=O) groups is 1. The summed E-state index contributed by atoms with van der Waals surface area (Å²) in [6.45, 7) is 0.232. The van der Waals surface area contributed by atoms with Gasteiger partial charge < -0.3 is 9.67 Å². The summed E-state index contributed by atoms with van der Waals surface area (Å²) in [7, 11) is 0. The van der Waals surface area contributed by atoms with Crippen molar-refractivity contribution < 1.29 is 9.90 Å². The molecule has 0 bridgehead atoms. The zero-order chi connectivity index (χ0) is 18.7. The van der Waals surface area contributed by atoms with Crippen molar-refractivity contribution in [2.24, 2.45) is 5.10 Å². The van der Waals surface area contributed by atoms with E-state index in [1.54, 1.807) is 6.21 Å². The van der Waals surface area contributed by atoms with Gasteiger partial charge in [-0.25, -0.2) is 5.43 Å². The number of carbonyl (C=O) groups excluding carboxylic acids is 1. The minimum Gasteiger partial charge on any atom is -0.506 e. The Morgan fingerprint density at radius 3 is 2.69 bits per heavy atom. The summed E-state index contributed by atoms with van der Waals surface area (Å²) < 4.78 is 2.63. The molecule has 3 rings (SSSR count). The highest BCUT2D eigenvalue weighted by atomic mass is 79.9. The van der Waals surface area contributed by atoms with Crippen molar-refractivity contribution >= 4 is 54.9 Å². The predicted octanol–water partition coefficient (Wildman–Crippen LogP) is 4.16. The van der Waals surface area contributed by atoms with Gasteiger partial charge in [0.15, 0.2) is 0 Å². The van der Waals surface area contributed by atoms with E-state index in [0.29, 0.717) is 14.5 Å². The highest BCUT2D eigenvalue weighted by Gasteiger charge is 2.11. The number of amides is 1. The lowest BCUT2D eigenvalue weighted by Gasteiger charge is -2.04. The number of aromatic nitrogens is 1. The van der Waals surface area contributed by atoms with Crippen molar-refractivity contribution in [3.63, 3.8) is 0 Å². The summed E-state index contributed by atoms with van der Waals surface area (Å²) in [5, 5.41) is 23.6. The van der Waals surface area contributed by atoms with Crippen LogP contribution in [0.5, 0.6) is 5.75 Å². The van der Waals surface area contributed by atoms with Crippen LogP contribution in [-0.2, 0) is 6.54 Å².